The van der Waals surface area contributed by atoms with Crippen LogP contribution in [0, 0.1) is 5.92 Å². The van der Waals surface area contributed by atoms with Crippen LogP contribution in [0.25, 0.3) is 0 Å². The van der Waals surface area contributed by atoms with Crippen LogP contribution in [-0.4, -0.2) is 35.4 Å². The van der Waals surface area contributed by atoms with Gasteiger partial charge >= 0.3 is 0 Å². The first-order valence-corrected chi connectivity index (χ1v) is 3.69. The molecule has 0 aromatic rings. The molecule has 0 aliphatic carbocycles. The number of nitrogens with zero attached hydrogens (tertiary/aromatic N) is 1. The van der Waals surface area contributed by atoms with Crippen LogP contribution in [0.4, 0.5) is 0 Å². The minimum absolute atomic E-state index is 0.0415. The lowest BCUT2D eigenvalue weighted by Crippen LogP contribution is -2.64. The fourth-order valence-corrected chi connectivity index (χ4v) is 1.12. The zero-order valence-corrected chi connectivity index (χ0v) is 7.09. The molecule has 1 amide bonds. The van der Waals surface area contributed by atoms with Crippen LogP contribution in [0.5, 0.6) is 0 Å². The quantitative estimate of drug-likeness (QED) is 0.492. The summed E-state index contributed by atoms with van der Waals surface area (Å²) in [6.07, 6.45) is 0. The van der Waals surface area contributed by atoms with Gasteiger partial charge in [-0.15, -0.1) is 0 Å². The summed E-state index contributed by atoms with van der Waals surface area (Å²) in [4.78, 5) is 12.8. The summed E-state index contributed by atoms with van der Waals surface area (Å²) in [6.45, 7) is 4.00. The molecule has 2 N–H and O–H groups in total. The Kier molecular flexibility index (Phi) is 1.90. The first-order chi connectivity index (χ1) is 4.93. The van der Waals surface area contributed by atoms with Gasteiger partial charge < -0.3 is 10.4 Å². The van der Waals surface area contributed by atoms with Crippen LogP contribution in [0.1, 0.15) is 13.8 Å². The number of aliphatic hydroxyl groups is 1. The monoisotopic (exact) mass is 158 g/mol. The normalized spacial score (nSPS) is 40.4. The molecule has 0 aromatic carbocycles. The highest BCUT2D eigenvalue weighted by Crippen LogP contribution is 2.14. The third-order valence-electron chi connectivity index (χ3n) is 2.10. The van der Waals surface area contributed by atoms with Crippen LogP contribution in [0.15, 0.2) is 0 Å². The van der Waals surface area contributed by atoms with Crippen molar-refractivity contribution in [2.75, 3.05) is 13.6 Å². The summed E-state index contributed by atoms with van der Waals surface area (Å²) in [5, 5.41) is 12.0. The first kappa shape index (κ1) is 8.49. The predicted molar refractivity (Wildman–Crippen MR) is 40.6 cm³/mol. The Balaban J connectivity index is 2.70. The average molecular weight is 158 g/mol. The predicted octanol–water partition coefficient (Wildman–Crippen LogP) is -0.650. The lowest BCUT2D eigenvalue weighted by Gasteiger charge is -2.40. The first-order valence-electron chi connectivity index (χ1n) is 3.69. The van der Waals surface area contributed by atoms with Crippen LogP contribution in [-0.2, 0) is 4.79 Å². The molecule has 1 fully saturated rings. The Morgan fingerprint density at radius 1 is 1.82 bits per heavy atom. The van der Waals surface area contributed by atoms with Crippen molar-refractivity contribution in [2.24, 2.45) is 5.92 Å². The minimum atomic E-state index is -1.18. The fraction of sp³-hybridized carbons (Fsp3) is 0.857. The standard InChI is InChI=1S/C7H14N2O2/c1-5-4-9(3)7(2,11)8-6(5)10/h5,11H,4H2,1-3H3,(H,8,10). The van der Waals surface area contributed by atoms with Crippen molar-refractivity contribution in [1.82, 2.24) is 10.2 Å². The molecule has 1 rings (SSSR count). The van der Waals surface area contributed by atoms with Crippen LogP contribution in [0.2, 0.25) is 0 Å². The van der Waals surface area contributed by atoms with Crippen LogP contribution in [0.3, 0.4) is 0 Å². The highest BCUT2D eigenvalue weighted by Gasteiger charge is 2.36. The van der Waals surface area contributed by atoms with Gasteiger partial charge in [0.15, 0.2) is 5.85 Å². The van der Waals surface area contributed by atoms with Gasteiger partial charge in [0, 0.05) is 12.5 Å². The molecule has 64 valence electrons. The SMILES string of the molecule is CC1CN(C)C(C)(O)NC1=O. The summed E-state index contributed by atoms with van der Waals surface area (Å²) in [6, 6.07) is 0. The van der Waals surface area contributed by atoms with E-state index in [1.807, 2.05) is 6.92 Å². The zero-order chi connectivity index (χ0) is 8.65. The summed E-state index contributed by atoms with van der Waals surface area (Å²) >= 11 is 0. The van der Waals surface area contributed by atoms with Gasteiger partial charge in [0.05, 0.1) is 0 Å². The van der Waals surface area contributed by atoms with Crippen molar-refractivity contribution in [2.45, 2.75) is 19.7 Å². The average Bonchev–Trinajstić information content (AvgIpc) is 1.83. The summed E-state index contributed by atoms with van der Waals surface area (Å²) in [7, 11) is 1.77. The van der Waals surface area contributed by atoms with E-state index in [0.717, 1.165) is 0 Å². The molecule has 2 atom stereocenters. The molecule has 0 bridgehead atoms. The number of carbonyl (C=O) groups excluding carboxylic acids is 1. The zero-order valence-electron chi connectivity index (χ0n) is 7.09. The molecule has 0 spiro atoms. The van der Waals surface area contributed by atoms with Gasteiger partial charge in [0.25, 0.3) is 0 Å². The second-order valence-corrected chi connectivity index (χ2v) is 3.29. The van der Waals surface area contributed by atoms with Crippen molar-refractivity contribution in [3.05, 3.63) is 0 Å². The highest BCUT2D eigenvalue weighted by atomic mass is 16.3. The Hall–Kier alpha value is -0.610. The molecule has 1 aliphatic heterocycles. The molecule has 4 nitrogen and oxygen atoms in total. The third-order valence-corrected chi connectivity index (χ3v) is 2.10. The lowest BCUT2D eigenvalue weighted by atomic mass is 10.1. The van der Waals surface area contributed by atoms with Crippen LogP contribution < -0.4 is 5.32 Å². The smallest absolute Gasteiger partial charge is 0.227 e. The molecular formula is C7H14N2O2. The van der Waals surface area contributed by atoms with Crippen molar-refractivity contribution in [1.29, 1.82) is 0 Å². The van der Waals surface area contributed by atoms with Gasteiger partial charge in [-0.25, -0.2) is 0 Å². The number of rotatable bonds is 0. The number of carbonyl (C=O) groups is 1. The van der Waals surface area contributed by atoms with E-state index in [1.54, 1.807) is 18.9 Å². The van der Waals surface area contributed by atoms with Gasteiger partial charge in [0.2, 0.25) is 5.91 Å². The molecule has 1 saturated heterocycles. The van der Waals surface area contributed by atoms with E-state index in [2.05, 4.69) is 5.32 Å². The number of hydrogen-bond acceptors (Lipinski definition) is 3. The van der Waals surface area contributed by atoms with Gasteiger partial charge in [-0.05, 0) is 14.0 Å². The maximum absolute atomic E-state index is 11.1. The summed E-state index contributed by atoms with van der Waals surface area (Å²) in [5.74, 6) is -1.31. The van der Waals surface area contributed by atoms with Gasteiger partial charge in [-0.2, -0.15) is 0 Å². The van der Waals surface area contributed by atoms with Crippen molar-refractivity contribution in [3.8, 4) is 0 Å². The van der Waals surface area contributed by atoms with E-state index in [-0.39, 0.29) is 11.8 Å². The van der Waals surface area contributed by atoms with Crippen LogP contribution >= 0.6 is 0 Å². The fourth-order valence-electron chi connectivity index (χ4n) is 1.12. The molecular weight excluding hydrogens is 144 g/mol. The molecule has 0 aromatic heterocycles. The minimum Gasteiger partial charge on any atom is -0.359 e. The Bertz CT molecular complexity index is 179. The lowest BCUT2D eigenvalue weighted by molar-refractivity contribution is -0.163. The van der Waals surface area contributed by atoms with E-state index >= 15 is 0 Å². The Morgan fingerprint density at radius 2 is 2.36 bits per heavy atom. The van der Waals surface area contributed by atoms with Gasteiger partial charge in [-0.3, -0.25) is 9.69 Å². The van der Waals surface area contributed by atoms with E-state index < -0.39 is 5.85 Å². The molecule has 11 heavy (non-hydrogen) atoms. The summed E-state index contributed by atoms with van der Waals surface area (Å²) in [5.41, 5.74) is 0. The van der Waals surface area contributed by atoms with Crippen molar-refractivity contribution in [3.63, 3.8) is 0 Å². The molecule has 1 heterocycles. The third kappa shape index (κ3) is 1.52. The van der Waals surface area contributed by atoms with Gasteiger partial charge in [0.1, 0.15) is 0 Å². The van der Waals surface area contributed by atoms with Gasteiger partial charge in [-0.1, -0.05) is 6.92 Å². The number of amides is 1. The number of nitrogens with one attached hydrogen (secondary N) is 1. The Morgan fingerprint density at radius 3 is 2.82 bits per heavy atom. The second kappa shape index (κ2) is 2.46. The molecule has 2 unspecified atom stereocenters. The summed E-state index contributed by atoms with van der Waals surface area (Å²) < 4.78 is 0. The molecule has 0 radical (unpaired) electrons. The van der Waals surface area contributed by atoms with E-state index in [4.69, 9.17) is 0 Å². The van der Waals surface area contributed by atoms with Crippen molar-refractivity contribution >= 4 is 5.91 Å². The van der Waals surface area contributed by atoms with Crippen molar-refractivity contribution < 1.29 is 9.90 Å². The highest BCUT2D eigenvalue weighted by molar-refractivity contribution is 5.79. The topological polar surface area (TPSA) is 52.6 Å². The molecule has 4 heteroatoms. The number of hydrogen-bond donors (Lipinski definition) is 2. The maximum Gasteiger partial charge on any atom is 0.227 e. The molecule has 0 saturated carbocycles. The maximum atomic E-state index is 11.1. The van der Waals surface area contributed by atoms with E-state index in [9.17, 15) is 9.90 Å². The van der Waals surface area contributed by atoms with E-state index in [0.29, 0.717) is 6.54 Å². The second-order valence-electron chi connectivity index (χ2n) is 3.29. The largest absolute Gasteiger partial charge is 0.359 e. The molecule has 1 aliphatic rings. The Labute approximate surface area is 66.2 Å². The van der Waals surface area contributed by atoms with E-state index in [1.165, 1.54) is 0 Å².